The fourth-order valence-corrected chi connectivity index (χ4v) is 3.86. The van der Waals surface area contributed by atoms with Crippen LogP contribution >= 0.6 is 22.9 Å². The SMILES string of the molecule is O=C(O)C(=Cc1ccc(Cl)cc1)c1ccc(OCc2nc3ccccc3s2)cc1. The summed E-state index contributed by atoms with van der Waals surface area (Å²) in [6, 6.07) is 22.0. The molecule has 0 amide bonds. The molecular formula is C23H16ClNO3S. The number of ether oxygens (including phenoxy) is 1. The lowest BCUT2D eigenvalue weighted by Gasteiger charge is -2.07. The highest BCUT2D eigenvalue weighted by molar-refractivity contribution is 7.18. The number of carbonyl (C=O) groups is 1. The van der Waals surface area contributed by atoms with E-state index in [4.69, 9.17) is 16.3 Å². The first-order valence-electron chi connectivity index (χ1n) is 8.87. The molecule has 0 aliphatic heterocycles. The highest BCUT2D eigenvalue weighted by atomic mass is 35.5. The fraction of sp³-hybridized carbons (Fsp3) is 0.0435. The predicted molar refractivity (Wildman–Crippen MR) is 117 cm³/mol. The number of carboxylic acid groups (broad SMARTS) is 1. The zero-order valence-corrected chi connectivity index (χ0v) is 16.8. The molecule has 0 fully saturated rings. The quantitative estimate of drug-likeness (QED) is 0.299. The molecule has 0 saturated carbocycles. The number of benzene rings is 3. The van der Waals surface area contributed by atoms with Crippen molar-refractivity contribution in [3.63, 3.8) is 0 Å². The number of halogens is 1. The molecule has 0 spiro atoms. The molecule has 144 valence electrons. The summed E-state index contributed by atoms with van der Waals surface area (Å²) in [7, 11) is 0. The molecule has 6 heteroatoms. The lowest BCUT2D eigenvalue weighted by molar-refractivity contribution is -0.130. The van der Waals surface area contributed by atoms with Gasteiger partial charge in [0.1, 0.15) is 17.4 Å². The number of rotatable bonds is 6. The predicted octanol–water partition coefficient (Wildman–Crippen LogP) is 6.15. The Hall–Kier alpha value is -3.15. The average Bonchev–Trinajstić information content (AvgIpc) is 3.15. The van der Waals surface area contributed by atoms with Crippen molar-refractivity contribution in [3.05, 3.63) is 94.0 Å². The number of nitrogens with zero attached hydrogens (tertiary/aromatic N) is 1. The zero-order chi connectivity index (χ0) is 20.2. The van der Waals surface area contributed by atoms with Gasteiger partial charge in [-0.3, -0.25) is 0 Å². The lowest BCUT2D eigenvalue weighted by Crippen LogP contribution is -2.00. The molecule has 0 aliphatic carbocycles. The molecule has 0 aliphatic rings. The lowest BCUT2D eigenvalue weighted by atomic mass is 10.0. The summed E-state index contributed by atoms with van der Waals surface area (Å²) >= 11 is 7.49. The fourth-order valence-electron chi connectivity index (χ4n) is 2.85. The van der Waals surface area contributed by atoms with Crippen LogP contribution in [0.15, 0.2) is 72.8 Å². The summed E-state index contributed by atoms with van der Waals surface area (Å²) in [5, 5.41) is 11.1. The summed E-state index contributed by atoms with van der Waals surface area (Å²) in [5.41, 5.74) is 2.53. The second kappa shape index (κ2) is 8.47. The summed E-state index contributed by atoms with van der Waals surface area (Å²) in [5.74, 6) is -0.340. The van der Waals surface area contributed by atoms with Gasteiger partial charge in [-0.25, -0.2) is 9.78 Å². The number of carboxylic acids is 1. The number of thiazole rings is 1. The minimum Gasteiger partial charge on any atom is -0.486 e. The molecule has 1 heterocycles. The zero-order valence-electron chi connectivity index (χ0n) is 15.2. The van der Waals surface area contributed by atoms with Crippen molar-refractivity contribution in [2.45, 2.75) is 6.61 Å². The van der Waals surface area contributed by atoms with Crippen molar-refractivity contribution in [1.82, 2.24) is 4.98 Å². The first-order valence-corrected chi connectivity index (χ1v) is 10.1. The smallest absolute Gasteiger partial charge is 0.336 e. The average molecular weight is 422 g/mol. The summed E-state index contributed by atoms with van der Waals surface area (Å²) in [6.45, 7) is 0.366. The maximum absolute atomic E-state index is 11.7. The third kappa shape index (κ3) is 4.65. The van der Waals surface area contributed by atoms with Gasteiger partial charge < -0.3 is 9.84 Å². The number of aromatic nitrogens is 1. The van der Waals surface area contributed by atoms with E-state index in [2.05, 4.69) is 4.98 Å². The minimum absolute atomic E-state index is 0.199. The van der Waals surface area contributed by atoms with E-state index in [1.54, 1.807) is 65.9 Å². The molecule has 4 aromatic rings. The normalized spacial score (nSPS) is 11.6. The van der Waals surface area contributed by atoms with E-state index in [9.17, 15) is 9.90 Å². The van der Waals surface area contributed by atoms with Crippen molar-refractivity contribution in [3.8, 4) is 5.75 Å². The third-order valence-corrected chi connectivity index (χ3v) is 5.54. The van der Waals surface area contributed by atoms with Gasteiger partial charge in [0.25, 0.3) is 0 Å². The van der Waals surface area contributed by atoms with Gasteiger partial charge in [0.2, 0.25) is 0 Å². The number of hydrogen-bond acceptors (Lipinski definition) is 4. The molecule has 29 heavy (non-hydrogen) atoms. The first kappa shape index (κ1) is 19.2. The molecule has 4 rings (SSSR count). The van der Waals surface area contributed by atoms with Crippen LogP contribution in [-0.4, -0.2) is 16.1 Å². The number of aliphatic carboxylic acids is 1. The monoisotopic (exact) mass is 421 g/mol. The van der Waals surface area contributed by atoms with E-state index in [1.165, 1.54) is 0 Å². The highest BCUT2D eigenvalue weighted by Crippen LogP contribution is 2.25. The molecule has 1 aromatic heterocycles. The standard InChI is InChI=1S/C23H16ClNO3S/c24-17-9-5-15(6-10-17)13-19(23(26)27)16-7-11-18(12-8-16)28-14-22-25-20-3-1-2-4-21(20)29-22/h1-13H,14H2,(H,26,27). The Bertz CT molecular complexity index is 1150. The number of fused-ring (bicyclic) bond motifs is 1. The molecular weight excluding hydrogens is 406 g/mol. The number of para-hydroxylation sites is 1. The number of hydrogen-bond donors (Lipinski definition) is 1. The molecule has 0 radical (unpaired) electrons. The summed E-state index contributed by atoms with van der Waals surface area (Å²) in [4.78, 5) is 16.3. The van der Waals surface area contributed by atoms with Crippen molar-refractivity contribution >= 4 is 50.8 Å². The maximum atomic E-state index is 11.7. The Morgan fingerprint density at radius 2 is 1.76 bits per heavy atom. The van der Waals surface area contributed by atoms with Crippen molar-refractivity contribution in [1.29, 1.82) is 0 Å². The van der Waals surface area contributed by atoms with Crippen molar-refractivity contribution in [2.24, 2.45) is 0 Å². The van der Waals surface area contributed by atoms with E-state index < -0.39 is 5.97 Å². The molecule has 0 unspecified atom stereocenters. The van der Waals surface area contributed by atoms with Crippen LogP contribution in [-0.2, 0) is 11.4 Å². The van der Waals surface area contributed by atoms with Gasteiger partial charge in [-0.1, -0.05) is 48.0 Å². The van der Waals surface area contributed by atoms with Gasteiger partial charge in [-0.15, -0.1) is 11.3 Å². The van der Waals surface area contributed by atoms with Gasteiger partial charge in [0.05, 0.1) is 15.8 Å². The third-order valence-electron chi connectivity index (χ3n) is 4.28. The largest absolute Gasteiger partial charge is 0.486 e. The Balaban J connectivity index is 1.49. The Morgan fingerprint density at radius 1 is 1.03 bits per heavy atom. The molecule has 1 N–H and O–H groups in total. The van der Waals surface area contributed by atoms with E-state index in [0.717, 1.165) is 20.8 Å². The Morgan fingerprint density at radius 3 is 2.45 bits per heavy atom. The van der Waals surface area contributed by atoms with Crippen molar-refractivity contribution in [2.75, 3.05) is 0 Å². The molecule has 0 atom stereocenters. The van der Waals surface area contributed by atoms with Crippen LogP contribution in [0.5, 0.6) is 5.75 Å². The Kier molecular flexibility index (Phi) is 5.60. The van der Waals surface area contributed by atoms with Gasteiger partial charge in [0, 0.05) is 5.02 Å². The minimum atomic E-state index is -0.997. The van der Waals surface area contributed by atoms with Crippen LogP contribution in [0.1, 0.15) is 16.1 Å². The van der Waals surface area contributed by atoms with Crippen LogP contribution in [0.2, 0.25) is 5.02 Å². The second-order valence-corrected chi connectivity index (χ2v) is 7.85. The molecule has 3 aromatic carbocycles. The molecule has 4 nitrogen and oxygen atoms in total. The second-order valence-electron chi connectivity index (χ2n) is 6.30. The van der Waals surface area contributed by atoms with Crippen molar-refractivity contribution < 1.29 is 14.6 Å². The maximum Gasteiger partial charge on any atom is 0.336 e. The van der Waals surface area contributed by atoms with Crippen LogP contribution in [0, 0.1) is 0 Å². The first-order chi connectivity index (χ1) is 14.1. The molecule has 0 saturated heterocycles. The van der Waals surface area contributed by atoms with Gasteiger partial charge >= 0.3 is 5.97 Å². The van der Waals surface area contributed by atoms with E-state index in [0.29, 0.717) is 22.9 Å². The van der Waals surface area contributed by atoms with Crippen LogP contribution in [0.25, 0.3) is 21.9 Å². The van der Waals surface area contributed by atoms with Crippen LogP contribution in [0.3, 0.4) is 0 Å². The summed E-state index contributed by atoms with van der Waals surface area (Å²) in [6.07, 6.45) is 1.62. The van der Waals surface area contributed by atoms with Gasteiger partial charge in [-0.05, 0) is 53.6 Å². The van der Waals surface area contributed by atoms with Gasteiger partial charge in [-0.2, -0.15) is 0 Å². The molecule has 0 bridgehead atoms. The van der Waals surface area contributed by atoms with E-state index >= 15 is 0 Å². The van der Waals surface area contributed by atoms with Crippen LogP contribution in [0.4, 0.5) is 0 Å². The van der Waals surface area contributed by atoms with E-state index in [1.807, 2.05) is 24.3 Å². The van der Waals surface area contributed by atoms with E-state index in [-0.39, 0.29) is 5.57 Å². The van der Waals surface area contributed by atoms with Crippen LogP contribution < -0.4 is 4.74 Å². The highest BCUT2D eigenvalue weighted by Gasteiger charge is 2.11. The summed E-state index contributed by atoms with van der Waals surface area (Å²) < 4.78 is 6.94. The topological polar surface area (TPSA) is 59.4 Å². The Labute approximate surface area is 176 Å². The van der Waals surface area contributed by atoms with Gasteiger partial charge in [0.15, 0.2) is 0 Å².